The second kappa shape index (κ2) is 5.11. The summed E-state index contributed by atoms with van der Waals surface area (Å²) in [5, 5.41) is 3.61. The summed E-state index contributed by atoms with van der Waals surface area (Å²) in [4.78, 5) is 0. The molecule has 0 bridgehead atoms. The van der Waals surface area contributed by atoms with Crippen LogP contribution >= 0.6 is 15.9 Å². The van der Waals surface area contributed by atoms with Gasteiger partial charge in [-0.15, -0.1) is 0 Å². The first-order chi connectivity index (χ1) is 8.02. The Labute approximate surface area is 113 Å². The number of hydrogen-bond acceptors (Lipinski definition) is 1. The molecule has 0 heterocycles. The largest absolute Gasteiger partial charge is 0.314 e. The molecule has 0 aliphatic heterocycles. The third-order valence-corrected chi connectivity index (χ3v) is 4.31. The smallest absolute Gasteiger partial charge is 0.0175 e. The van der Waals surface area contributed by atoms with E-state index in [1.807, 2.05) is 0 Å². The van der Waals surface area contributed by atoms with Gasteiger partial charge in [-0.25, -0.2) is 0 Å². The highest BCUT2D eigenvalue weighted by molar-refractivity contribution is 9.10. The van der Waals surface area contributed by atoms with Crippen LogP contribution in [0.5, 0.6) is 0 Å². The summed E-state index contributed by atoms with van der Waals surface area (Å²) < 4.78 is 1.17. The summed E-state index contributed by atoms with van der Waals surface area (Å²) in [6.45, 7) is 7.90. The maximum absolute atomic E-state index is 3.61. The minimum absolute atomic E-state index is 0.379. The van der Waals surface area contributed by atoms with Crippen molar-refractivity contribution in [2.24, 2.45) is 5.92 Å². The zero-order valence-corrected chi connectivity index (χ0v) is 12.5. The zero-order chi connectivity index (χ0) is 12.5. The molecule has 1 saturated carbocycles. The van der Waals surface area contributed by atoms with Crippen LogP contribution in [0.4, 0.5) is 0 Å². The highest BCUT2D eigenvalue weighted by Crippen LogP contribution is 2.47. The predicted octanol–water partition coefficient (Wildman–Crippen LogP) is 4.11. The van der Waals surface area contributed by atoms with Gasteiger partial charge in [0, 0.05) is 22.5 Å². The minimum atomic E-state index is 0.379. The van der Waals surface area contributed by atoms with E-state index in [-0.39, 0.29) is 0 Å². The summed E-state index contributed by atoms with van der Waals surface area (Å²) in [7, 11) is 0. The van der Waals surface area contributed by atoms with Gasteiger partial charge in [-0.05, 0) is 36.5 Å². The van der Waals surface area contributed by atoms with Gasteiger partial charge in [0.15, 0.2) is 0 Å². The van der Waals surface area contributed by atoms with Crippen LogP contribution in [-0.4, -0.2) is 12.6 Å². The van der Waals surface area contributed by atoms with Crippen molar-refractivity contribution in [3.05, 3.63) is 34.3 Å². The zero-order valence-electron chi connectivity index (χ0n) is 11.0. The van der Waals surface area contributed by atoms with Crippen molar-refractivity contribution < 1.29 is 0 Å². The number of halogens is 1. The van der Waals surface area contributed by atoms with Gasteiger partial charge in [0.25, 0.3) is 0 Å². The van der Waals surface area contributed by atoms with Crippen LogP contribution < -0.4 is 5.32 Å². The van der Waals surface area contributed by atoms with E-state index in [0.717, 1.165) is 12.5 Å². The lowest BCUT2D eigenvalue weighted by Crippen LogP contribution is -2.49. The molecule has 0 unspecified atom stereocenters. The van der Waals surface area contributed by atoms with E-state index in [1.54, 1.807) is 0 Å². The van der Waals surface area contributed by atoms with Crippen molar-refractivity contribution in [1.82, 2.24) is 5.32 Å². The highest BCUT2D eigenvalue weighted by atomic mass is 79.9. The molecule has 0 atom stereocenters. The summed E-state index contributed by atoms with van der Waals surface area (Å²) in [5.74, 6) is 0.868. The van der Waals surface area contributed by atoms with Crippen molar-refractivity contribution in [3.63, 3.8) is 0 Å². The number of benzene rings is 1. The molecule has 0 saturated heterocycles. The third kappa shape index (κ3) is 2.92. The second-order valence-electron chi connectivity index (χ2n) is 5.84. The fraction of sp³-hybridized carbons (Fsp3) is 0.600. The van der Waals surface area contributed by atoms with Gasteiger partial charge in [-0.2, -0.15) is 0 Å². The van der Waals surface area contributed by atoms with Crippen molar-refractivity contribution in [2.75, 3.05) is 6.54 Å². The summed E-state index contributed by atoms with van der Waals surface area (Å²) >= 11 is 3.51. The molecule has 0 spiro atoms. The quantitative estimate of drug-likeness (QED) is 0.881. The molecular weight excluding hydrogens is 274 g/mol. The average molecular weight is 296 g/mol. The van der Waals surface area contributed by atoms with Gasteiger partial charge >= 0.3 is 0 Å². The van der Waals surface area contributed by atoms with Crippen LogP contribution in [-0.2, 0) is 5.41 Å². The van der Waals surface area contributed by atoms with Crippen LogP contribution in [0.25, 0.3) is 0 Å². The highest BCUT2D eigenvalue weighted by Gasteiger charge is 2.42. The maximum atomic E-state index is 3.61. The molecule has 1 fully saturated rings. The molecular formula is C15H22BrN. The molecule has 1 N–H and O–H groups in total. The van der Waals surface area contributed by atoms with Gasteiger partial charge in [-0.1, -0.05) is 48.8 Å². The minimum Gasteiger partial charge on any atom is -0.314 e. The molecule has 1 aromatic rings. The Balaban J connectivity index is 2.14. The van der Waals surface area contributed by atoms with Gasteiger partial charge in [-0.3, -0.25) is 0 Å². The van der Waals surface area contributed by atoms with Gasteiger partial charge in [0.1, 0.15) is 0 Å². The first-order valence-corrected chi connectivity index (χ1v) is 7.30. The topological polar surface area (TPSA) is 12.0 Å². The van der Waals surface area contributed by atoms with Crippen LogP contribution in [0.1, 0.15) is 39.2 Å². The molecule has 1 aliphatic carbocycles. The summed E-state index contributed by atoms with van der Waals surface area (Å²) in [5.41, 5.74) is 1.87. The lowest BCUT2D eigenvalue weighted by Gasteiger charge is -2.48. The molecule has 2 heteroatoms. The fourth-order valence-corrected chi connectivity index (χ4v) is 3.22. The number of hydrogen-bond donors (Lipinski definition) is 1. The van der Waals surface area contributed by atoms with E-state index >= 15 is 0 Å². The van der Waals surface area contributed by atoms with Crippen molar-refractivity contribution in [3.8, 4) is 0 Å². The molecule has 0 amide bonds. The monoisotopic (exact) mass is 295 g/mol. The molecule has 0 radical (unpaired) electrons. The summed E-state index contributed by atoms with van der Waals surface area (Å²) in [6, 6.07) is 9.44. The lowest BCUT2D eigenvalue weighted by molar-refractivity contribution is 0.149. The van der Waals surface area contributed by atoms with E-state index in [0.29, 0.717) is 11.5 Å². The molecule has 0 aromatic heterocycles. The van der Waals surface area contributed by atoms with Gasteiger partial charge in [0.2, 0.25) is 0 Å². The first kappa shape index (κ1) is 13.1. The van der Waals surface area contributed by atoms with E-state index in [1.165, 1.54) is 22.9 Å². The Kier molecular flexibility index (Phi) is 3.94. The van der Waals surface area contributed by atoms with Crippen molar-refractivity contribution in [2.45, 2.75) is 45.1 Å². The Morgan fingerprint density at radius 1 is 1.29 bits per heavy atom. The Bertz CT molecular complexity index is 363. The molecule has 1 nitrogen and oxygen atoms in total. The SMILES string of the molecule is CC1CC(CNC(C)C)(c2ccc(Br)cc2)C1. The second-order valence-corrected chi connectivity index (χ2v) is 6.75. The van der Waals surface area contributed by atoms with Crippen LogP contribution in [0.2, 0.25) is 0 Å². The van der Waals surface area contributed by atoms with E-state index < -0.39 is 0 Å². The van der Waals surface area contributed by atoms with Crippen molar-refractivity contribution >= 4 is 15.9 Å². The van der Waals surface area contributed by atoms with Crippen LogP contribution in [0.15, 0.2) is 28.7 Å². The molecule has 1 aromatic carbocycles. The normalized spacial score (nSPS) is 28.2. The predicted molar refractivity (Wildman–Crippen MR) is 77.4 cm³/mol. The first-order valence-electron chi connectivity index (χ1n) is 6.51. The number of rotatable bonds is 4. The molecule has 1 aliphatic rings. The standard InChI is InChI=1S/C15H22BrN/c1-11(2)17-10-15(8-12(3)9-15)13-4-6-14(16)7-5-13/h4-7,11-12,17H,8-10H2,1-3H3. The Morgan fingerprint density at radius 2 is 1.88 bits per heavy atom. The van der Waals surface area contributed by atoms with Crippen LogP contribution in [0.3, 0.4) is 0 Å². The fourth-order valence-electron chi connectivity index (χ4n) is 2.96. The molecule has 2 rings (SSSR count). The van der Waals surface area contributed by atoms with E-state index in [2.05, 4.69) is 66.3 Å². The van der Waals surface area contributed by atoms with Crippen molar-refractivity contribution in [1.29, 1.82) is 0 Å². The number of nitrogens with one attached hydrogen (secondary N) is 1. The Hall–Kier alpha value is -0.340. The Morgan fingerprint density at radius 3 is 2.35 bits per heavy atom. The maximum Gasteiger partial charge on any atom is 0.0175 e. The summed E-state index contributed by atoms with van der Waals surface area (Å²) in [6.07, 6.45) is 2.63. The van der Waals surface area contributed by atoms with E-state index in [4.69, 9.17) is 0 Å². The van der Waals surface area contributed by atoms with E-state index in [9.17, 15) is 0 Å². The average Bonchev–Trinajstić information content (AvgIpc) is 2.24. The van der Waals surface area contributed by atoms with Gasteiger partial charge < -0.3 is 5.32 Å². The molecule has 94 valence electrons. The van der Waals surface area contributed by atoms with Crippen LogP contribution in [0, 0.1) is 5.92 Å². The van der Waals surface area contributed by atoms with Gasteiger partial charge in [0.05, 0.1) is 0 Å². The third-order valence-electron chi connectivity index (χ3n) is 3.78. The molecule has 17 heavy (non-hydrogen) atoms. The lowest BCUT2D eigenvalue weighted by atomic mass is 9.59.